The quantitative estimate of drug-likeness (QED) is 0.503. The zero-order chi connectivity index (χ0) is 17.9. The number of fused-ring (bicyclic) bond motifs is 1. The highest BCUT2D eigenvalue weighted by Gasteiger charge is 2.15. The molecule has 0 unspecified atom stereocenters. The number of hydrogen-bond acceptors (Lipinski definition) is 4. The Kier molecular flexibility index (Phi) is 4.60. The number of halogens is 1. The van der Waals surface area contributed by atoms with Crippen LogP contribution in [0.5, 0.6) is 5.75 Å². The Bertz CT molecular complexity index is 1060. The van der Waals surface area contributed by atoms with E-state index in [-0.39, 0.29) is 5.91 Å². The molecular weight excluding hydrogens is 370 g/mol. The average Bonchev–Trinajstić information content (AvgIpc) is 3.27. The Morgan fingerprint density at radius 2 is 2.04 bits per heavy atom. The highest BCUT2D eigenvalue weighted by Crippen LogP contribution is 2.28. The van der Waals surface area contributed by atoms with Crippen molar-refractivity contribution in [1.82, 2.24) is 10.2 Å². The van der Waals surface area contributed by atoms with Gasteiger partial charge in [0.05, 0.1) is 10.5 Å². The third kappa shape index (κ3) is 3.42. The lowest BCUT2D eigenvalue weighted by molar-refractivity contribution is 0.103. The molecule has 0 bridgehead atoms. The first-order valence-corrected chi connectivity index (χ1v) is 9.15. The number of hydrogen-bond donors (Lipinski definition) is 2. The number of amides is 1. The van der Waals surface area contributed by atoms with Crippen molar-refractivity contribution in [3.8, 4) is 5.75 Å². The first kappa shape index (κ1) is 16.6. The largest absolute Gasteiger partial charge is 0.489 e. The lowest BCUT2D eigenvalue weighted by Gasteiger charge is -2.07. The average molecular weight is 384 g/mol. The fourth-order valence-corrected chi connectivity index (χ4v) is 3.58. The molecule has 0 atom stereocenters. The second-order valence-corrected chi connectivity index (χ2v) is 6.93. The van der Waals surface area contributed by atoms with E-state index < -0.39 is 0 Å². The number of carbonyl (C=O) groups is 1. The van der Waals surface area contributed by atoms with Gasteiger partial charge in [-0.2, -0.15) is 5.10 Å². The van der Waals surface area contributed by atoms with Crippen LogP contribution in [0.4, 0.5) is 5.82 Å². The SMILES string of the molecule is O=C(Nc1n[nH]c2ccc(OCc3ccccc3)cc12)c1sccc1Cl. The lowest BCUT2D eigenvalue weighted by Crippen LogP contribution is -2.11. The van der Waals surface area contributed by atoms with Gasteiger partial charge < -0.3 is 10.1 Å². The number of aromatic amines is 1. The Morgan fingerprint density at radius 1 is 1.19 bits per heavy atom. The van der Waals surface area contributed by atoms with E-state index >= 15 is 0 Å². The molecule has 0 fully saturated rings. The minimum atomic E-state index is -0.283. The number of anilines is 1. The number of rotatable bonds is 5. The summed E-state index contributed by atoms with van der Waals surface area (Å²) in [6.45, 7) is 0.469. The van der Waals surface area contributed by atoms with Gasteiger partial charge in [0.25, 0.3) is 5.91 Å². The topological polar surface area (TPSA) is 67.0 Å². The number of nitrogens with zero attached hydrogens (tertiary/aromatic N) is 1. The molecule has 0 aliphatic heterocycles. The minimum absolute atomic E-state index is 0.283. The second-order valence-electron chi connectivity index (χ2n) is 5.61. The van der Waals surface area contributed by atoms with Gasteiger partial charge in [0.15, 0.2) is 5.82 Å². The molecule has 2 N–H and O–H groups in total. The summed E-state index contributed by atoms with van der Waals surface area (Å²) in [7, 11) is 0. The van der Waals surface area contributed by atoms with E-state index in [9.17, 15) is 4.79 Å². The van der Waals surface area contributed by atoms with Gasteiger partial charge in [0, 0.05) is 5.39 Å². The predicted octanol–water partition coefficient (Wildman–Crippen LogP) is 5.11. The molecule has 2 aromatic heterocycles. The van der Waals surface area contributed by atoms with Gasteiger partial charge in [-0.1, -0.05) is 41.9 Å². The van der Waals surface area contributed by atoms with Crippen molar-refractivity contribution >= 4 is 45.6 Å². The summed E-state index contributed by atoms with van der Waals surface area (Å²) in [5, 5.41) is 12.9. The van der Waals surface area contributed by atoms with E-state index in [4.69, 9.17) is 16.3 Å². The molecule has 4 aromatic rings. The van der Waals surface area contributed by atoms with Crippen LogP contribution in [0.15, 0.2) is 60.0 Å². The monoisotopic (exact) mass is 383 g/mol. The van der Waals surface area contributed by atoms with Crippen LogP contribution in [0.25, 0.3) is 10.9 Å². The van der Waals surface area contributed by atoms with Gasteiger partial charge in [-0.15, -0.1) is 11.3 Å². The first-order valence-electron chi connectivity index (χ1n) is 7.90. The van der Waals surface area contributed by atoms with Crippen molar-refractivity contribution in [2.24, 2.45) is 0 Å². The van der Waals surface area contributed by atoms with Crippen LogP contribution in [-0.2, 0) is 6.61 Å². The molecule has 4 rings (SSSR count). The number of ether oxygens (including phenoxy) is 1. The fourth-order valence-electron chi connectivity index (χ4n) is 2.54. The van der Waals surface area contributed by atoms with Crippen molar-refractivity contribution in [3.63, 3.8) is 0 Å². The number of benzene rings is 2. The van der Waals surface area contributed by atoms with Gasteiger partial charge in [-0.05, 0) is 35.2 Å². The van der Waals surface area contributed by atoms with Crippen LogP contribution in [0.3, 0.4) is 0 Å². The van der Waals surface area contributed by atoms with Gasteiger partial charge in [0.2, 0.25) is 0 Å². The summed E-state index contributed by atoms with van der Waals surface area (Å²) >= 11 is 7.31. The van der Waals surface area contributed by atoms with Gasteiger partial charge in [-0.25, -0.2) is 0 Å². The van der Waals surface area contributed by atoms with E-state index in [1.165, 1.54) is 11.3 Å². The highest BCUT2D eigenvalue weighted by atomic mass is 35.5. The molecule has 0 saturated carbocycles. The van der Waals surface area contributed by atoms with Crippen molar-refractivity contribution in [2.45, 2.75) is 6.61 Å². The lowest BCUT2D eigenvalue weighted by atomic mass is 10.2. The smallest absolute Gasteiger partial charge is 0.268 e. The maximum Gasteiger partial charge on any atom is 0.268 e. The predicted molar refractivity (Wildman–Crippen MR) is 104 cm³/mol. The van der Waals surface area contributed by atoms with Crippen molar-refractivity contribution in [2.75, 3.05) is 5.32 Å². The molecule has 0 radical (unpaired) electrons. The van der Waals surface area contributed by atoms with Gasteiger partial charge in [0.1, 0.15) is 17.2 Å². The summed E-state index contributed by atoms with van der Waals surface area (Å²) in [5.41, 5.74) is 1.89. The van der Waals surface area contributed by atoms with Gasteiger partial charge in [-0.3, -0.25) is 9.89 Å². The third-order valence-corrected chi connectivity index (χ3v) is 5.18. The molecule has 1 amide bonds. The number of nitrogens with one attached hydrogen (secondary N) is 2. The molecule has 0 aliphatic rings. The van der Waals surface area contributed by atoms with Crippen LogP contribution >= 0.6 is 22.9 Å². The number of carbonyl (C=O) groups excluding carboxylic acids is 1. The normalized spacial score (nSPS) is 10.8. The maximum absolute atomic E-state index is 12.4. The Hall–Kier alpha value is -2.83. The first-order chi connectivity index (χ1) is 12.7. The van der Waals surface area contributed by atoms with E-state index in [0.29, 0.717) is 28.1 Å². The van der Waals surface area contributed by atoms with E-state index in [1.807, 2.05) is 48.5 Å². The fraction of sp³-hybridized carbons (Fsp3) is 0.0526. The molecule has 2 heterocycles. The van der Waals surface area contributed by atoms with Crippen LogP contribution in [0, 0.1) is 0 Å². The van der Waals surface area contributed by atoms with E-state index in [2.05, 4.69) is 15.5 Å². The molecule has 0 aliphatic carbocycles. The number of aromatic nitrogens is 2. The molecule has 26 heavy (non-hydrogen) atoms. The summed E-state index contributed by atoms with van der Waals surface area (Å²) in [6.07, 6.45) is 0. The number of H-pyrrole nitrogens is 1. The van der Waals surface area contributed by atoms with Crippen LogP contribution < -0.4 is 10.1 Å². The Balaban J connectivity index is 1.55. The van der Waals surface area contributed by atoms with Crippen molar-refractivity contribution in [1.29, 1.82) is 0 Å². The van der Waals surface area contributed by atoms with Crippen molar-refractivity contribution in [3.05, 3.63) is 75.4 Å². The molecular formula is C19H14ClN3O2S. The minimum Gasteiger partial charge on any atom is -0.489 e. The molecule has 130 valence electrons. The Labute approximate surface area is 158 Å². The maximum atomic E-state index is 12.4. The zero-order valence-electron chi connectivity index (χ0n) is 13.5. The van der Waals surface area contributed by atoms with E-state index in [0.717, 1.165) is 16.5 Å². The van der Waals surface area contributed by atoms with Crippen LogP contribution in [-0.4, -0.2) is 16.1 Å². The summed E-state index contributed by atoms with van der Waals surface area (Å²) in [4.78, 5) is 12.8. The van der Waals surface area contributed by atoms with Crippen LogP contribution in [0.2, 0.25) is 5.02 Å². The van der Waals surface area contributed by atoms with Crippen LogP contribution in [0.1, 0.15) is 15.2 Å². The molecule has 5 nitrogen and oxygen atoms in total. The molecule has 0 spiro atoms. The highest BCUT2D eigenvalue weighted by molar-refractivity contribution is 7.12. The summed E-state index contributed by atoms with van der Waals surface area (Å²) in [5.74, 6) is 0.862. The van der Waals surface area contributed by atoms with Crippen molar-refractivity contribution < 1.29 is 9.53 Å². The van der Waals surface area contributed by atoms with Gasteiger partial charge >= 0.3 is 0 Å². The summed E-state index contributed by atoms with van der Waals surface area (Å²) in [6, 6.07) is 17.2. The third-order valence-electron chi connectivity index (χ3n) is 3.84. The van der Waals surface area contributed by atoms with E-state index in [1.54, 1.807) is 11.4 Å². The summed E-state index contributed by atoms with van der Waals surface area (Å²) < 4.78 is 5.85. The number of thiophene rings is 1. The Morgan fingerprint density at radius 3 is 2.81 bits per heavy atom. The molecule has 7 heteroatoms. The zero-order valence-corrected chi connectivity index (χ0v) is 15.1. The molecule has 2 aromatic carbocycles. The standard InChI is InChI=1S/C19H14ClN3O2S/c20-15-8-9-26-17(15)19(24)21-18-14-10-13(6-7-16(14)22-23-18)25-11-12-4-2-1-3-5-12/h1-10H,11H2,(H2,21,22,23,24). The second kappa shape index (κ2) is 7.19. The molecule has 0 saturated heterocycles.